The summed E-state index contributed by atoms with van der Waals surface area (Å²) in [6, 6.07) is 6.61. The molecule has 0 saturated carbocycles. The van der Waals surface area contributed by atoms with E-state index < -0.39 is 5.60 Å². The third-order valence-electron chi connectivity index (χ3n) is 3.82. The minimum atomic E-state index is -1.51. The molecule has 1 N–H and O–H groups in total. The average molecular weight is 352 g/mol. The van der Waals surface area contributed by atoms with Crippen LogP contribution in [-0.2, 0) is 10.3 Å². The van der Waals surface area contributed by atoms with E-state index >= 15 is 0 Å². The highest BCUT2D eigenvalue weighted by molar-refractivity contribution is 5.38. The fraction of sp³-hybridized carbons (Fsp3) is 0.294. The second kappa shape index (κ2) is 9.06. The van der Waals surface area contributed by atoms with Gasteiger partial charge in [-0.25, -0.2) is 0 Å². The summed E-state index contributed by atoms with van der Waals surface area (Å²) in [6.45, 7) is -0.224. The van der Waals surface area contributed by atoms with Crippen molar-refractivity contribution < 1.29 is 14.6 Å². The topological polar surface area (TPSA) is 136 Å². The number of ether oxygens (including phenoxy) is 2. The lowest BCUT2D eigenvalue weighted by Crippen LogP contribution is -2.33. The first-order chi connectivity index (χ1) is 12.6. The van der Waals surface area contributed by atoms with Crippen LogP contribution in [0.15, 0.2) is 58.5 Å². The molecule has 1 aliphatic carbocycles. The number of nitrogens with zero attached hydrogens (tertiary/aromatic N) is 6. The van der Waals surface area contributed by atoms with Crippen molar-refractivity contribution in [3.8, 4) is 18.1 Å². The summed E-state index contributed by atoms with van der Waals surface area (Å²) in [4.78, 5) is 5.20. The molecule has 0 saturated heterocycles. The number of rotatable bonds is 8. The van der Waals surface area contributed by atoms with E-state index in [0.29, 0.717) is 23.5 Å². The van der Waals surface area contributed by atoms with Gasteiger partial charge in [-0.1, -0.05) is 34.4 Å². The second-order valence-corrected chi connectivity index (χ2v) is 5.25. The number of terminal acetylenes is 1. The monoisotopic (exact) mass is 352 g/mol. The molecule has 0 heterocycles. The van der Waals surface area contributed by atoms with Crippen molar-refractivity contribution in [3.63, 3.8) is 0 Å². The van der Waals surface area contributed by atoms with Crippen LogP contribution in [0.1, 0.15) is 12.0 Å². The summed E-state index contributed by atoms with van der Waals surface area (Å²) in [7, 11) is 0. The van der Waals surface area contributed by atoms with Gasteiger partial charge in [-0.2, -0.15) is 0 Å². The van der Waals surface area contributed by atoms with E-state index in [-0.39, 0.29) is 19.4 Å². The maximum Gasteiger partial charge on any atom is 0.167 e. The summed E-state index contributed by atoms with van der Waals surface area (Å²) < 4.78 is 10.5. The molecular weight excluding hydrogens is 336 g/mol. The van der Waals surface area contributed by atoms with Gasteiger partial charge >= 0.3 is 0 Å². The number of azide groups is 2. The first-order valence-corrected chi connectivity index (χ1v) is 7.60. The normalized spacial score (nSPS) is 17.5. The maximum atomic E-state index is 11.0. The lowest BCUT2D eigenvalue weighted by Gasteiger charge is -2.31. The number of benzene rings is 1. The highest BCUT2D eigenvalue weighted by Gasteiger charge is 2.35. The van der Waals surface area contributed by atoms with Gasteiger partial charge in [-0.15, -0.1) is 6.42 Å². The van der Waals surface area contributed by atoms with Crippen LogP contribution in [0, 0.1) is 18.3 Å². The standard InChI is InChI=1S/C17H16N6O3/c1-2-17(24,13-3-7-15(8-4-13)25-11-20-22-18)14-5-9-16(10-6-14)26-12-21-23-19/h1,3-5,7-10,14,24H,6,11-12H2. The quantitative estimate of drug-likeness (QED) is 0.329. The minimum Gasteiger partial charge on any atom is -0.488 e. The first kappa shape index (κ1) is 18.8. The summed E-state index contributed by atoms with van der Waals surface area (Å²) in [5, 5.41) is 17.6. The molecule has 0 spiro atoms. The Bertz CT molecular complexity index is 829. The SMILES string of the molecule is C#CC(O)(c1ccc(OCN=[N+]=[N-])cc1)C1C=CC(OCN=[N+]=[N-])=CC1. The zero-order valence-electron chi connectivity index (χ0n) is 13.8. The smallest absolute Gasteiger partial charge is 0.167 e. The van der Waals surface area contributed by atoms with Crippen molar-refractivity contribution in [3.05, 3.63) is 74.7 Å². The lowest BCUT2D eigenvalue weighted by atomic mass is 9.78. The number of hydrogen-bond acceptors (Lipinski definition) is 5. The Morgan fingerprint density at radius 2 is 1.85 bits per heavy atom. The lowest BCUT2D eigenvalue weighted by molar-refractivity contribution is 0.0544. The van der Waals surface area contributed by atoms with Crippen LogP contribution in [0.4, 0.5) is 0 Å². The second-order valence-electron chi connectivity index (χ2n) is 5.25. The third-order valence-corrected chi connectivity index (χ3v) is 3.82. The van der Waals surface area contributed by atoms with E-state index in [2.05, 4.69) is 26.0 Å². The molecule has 0 amide bonds. The van der Waals surface area contributed by atoms with E-state index in [9.17, 15) is 5.11 Å². The molecule has 1 aromatic rings. The van der Waals surface area contributed by atoms with Crippen LogP contribution in [0.25, 0.3) is 20.9 Å². The molecule has 9 nitrogen and oxygen atoms in total. The van der Waals surface area contributed by atoms with Crippen molar-refractivity contribution in [2.24, 2.45) is 16.1 Å². The van der Waals surface area contributed by atoms with Crippen molar-refractivity contribution >= 4 is 0 Å². The summed E-state index contributed by atoms with van der Waals surface area (Å²) in [6.07, 6.45) is 11.3. The Labute approximate surface area is 149 Å². The van der Waals surface area contributed by atoms with Gasteiger partial charge in [-0.3, -0.25) is 0 Å². The van der Waals surface area contributed by atoms with Gasteiger partial charge in [-0.05, 0) is 47.3 Å². The van der Waals surface area contributed by atoms with Gasteiger partial charge < -0.3 is 14.6 Å². The van der Waals surface area contributed by atoms with Crippen molar-refractivity contribution in [2.75, 3.05) is 13.5 Å². The van der Waals surface area contributed by atoms with E-state index in [1.807, 2.05) is 0 Å². The predicted octanol–water partition coefficient (Wildman–Crippen LogP) is 3.90. The highest BCUT2D eigenvalue weighted by Crippen LogP contribution is 2.36. The van der Waals surface area contributed by atoms with Crippen LogP contribution in [0.3, 0.4) is 0 Å². The average Bonchev–Trinajstić information content (AvgIpc) is 2.69. The summed E-state index contributed by atoms with van der Waals surface area (Å²) in [5.41, 5.74) is 15.5. The molecule has 0 fully saturated rings. The number of hydrogen-bond donors (Lipinski definition) is 1. The van der Waals surface area contributed by atoms with Crippen molar-refractivity contribution in [2.45, 2.75) is 12.0 Å². The van der Waals surface area contributed by atoms with Crippen LogP contribution >= 0.6 is 0 Å². The Hall–Kier alpha value is -3.56. The van der Waals surface area contributed by atoms with Crippen LogP contribution in [0.5, 0.6) is 5.75 Å². The number of aliphatic hydroxyl groups is 1. The van der Waals surface area contributed by atoms with Crippen LogP contribution in [-0.4, -0.2) is 18.6 Å². The molecule has 132 valence electrons. The van der Waals surface area contributed by atoms with Gasteiger partial charge in [0.1, 0.15) is 11.5 Å². The van der Waals surface area contributed by atoms with Gasteiger partial charge in [0.05, 0.1) is 0 Å². The summed E-state index contributed by atoms with van der Waals surface area (Å²) >= 11 is 0. The zero-order chi connectivity index (χ0) is 18.8. The fourth-order valence-corrected chi connectivity index (χ4v) is 2.49. The highest BCUT2D eigenvalue weighted by atomic mass is 16.5. The molecule has 26 heavy (non-hydrogen) atoms. The molecule has 2 atom stereocenters. The Morgan fingerprint density at radius 3 is 2.38 bits per heavy atom. The van der Waals surface area contributed by atoms with Gasteiger partial charge in [0.25, 0.3) is 0 Å². The Balaban J connectivity index is 2.09. The van der Waals surface area contributed by atoms with E-state index in [0.717, 1.165) is 0 Å². The van der Waals surface area contributed by atoms with Gasteiger partial charge in [0.2, 0.25) is 0 Å². The van der Waals surface area contributed by atoms with E-state index in [1.54, 1.807) is 42.5 Å². The van der Waals surface area contributed by atoms with Crippen LogP contribution in [0.2, 0.25) is 0 Å². The van der Waals surface area contributed by atoms with Gasteiger partial charge in [0, 0.05) is 15.7 Å². The molecule has 2 rings (SSSR count). The zero-order valence-corrected chi connectivity index (χ0v) is 13.8. The minimum absolute atomic E-state index is 0.103. The molecule has 2 unspecified atom stereocenters. The van der Waals surface area contributed by atoms with E-state index in [4.69, 9.17) is 27.0 Å². The van der Waals surface area contributed by atoms with Crippen molar-refractivity contribution in [1.82, 2.24) is 0 Å². The Kier molecular flexibility index (Phi) is 6.54. The molecule has 0 bridgehead atoms. The Morgan fingerprint density at radius 1 is 1.19 bits per heavy atom. The number of allylic oxidation sites excluding steroid dienone is 2. The predicted molar refractivity (Wildman–Crippen MR) is 94.2 cm³/mol. The molecule has 1 aliphatic rings. The first-order valence-electron chi connectivity index (χ1n) is 7.60. The largest absolute Gasteiger partial charge is 0.488 e. The molecule has 9 heteroatoms. The molecular formula is C17H16N6O3. The maximum absolute atomic E-state index is 11.0. The van der Waals surface area contributed by atoms with Crippen molar-refractivity contribution in [1.29, 1.82) is 0 Å². The molecule has 1 aromatic carbocycles. The van der Waals surface area contributed by atoms with E-state index in [1.165, 1.54) is 0 Å². The summed E-state index contributed by atoms with van der Waals surface area (Å²) in [5.74, 6) is 3.16. The van der Waals surface area contributed by atoms with Crippen LogP contribution < -0.4 is 4.74 Å². The third kappa shape index (κ3) is 4.50. The fourth-order valence-electron chi connectivity index (χ4n) is 2.49. The molecule has 0 radical (unpaired) electrons. The van der Waals surface area contributed by atoms with Gasteiger partial charge in [0.15, 0.2) is 19.1 Å². The molecule has 0 aliphatic heterocycles. The molecule has 0 aromatic heterocycles.